The third kappa shape index (κ3) is 2.58. The van der Waals surface area contributed by atoms with Gasteiger partial charge in [-0.1, -0.05) is 12.8 Å². The van der Waals surface area contributed by atoms with Crippen LogP contribution in [0, 0.1) is 0 Å². The molecule has 1 aromatic rings. The van der Waals surface area contributed by atoms with Gasteiger partial charge < -0.3 is 10.4 Å². The molecule has 1 fully saturated rings. The van der Waals surface area contributed by atoms with Gasteiger partial charge >= 0.3 is 5.97 Å². The first-order chi connectivity index (χ1) is 11.7. The second kappa shape index (κ2) is 5.83. The van der Waals surface area contributed by atoms with E-state index in [-0.39, 0.29) is 22.6 Å². The van der Waals surface area contributed by atoms with E-state index in [0.717, 1.165) is 10.4 Å². The van der Waals surface area contributed by atoms with Crippen molar-refractivity contribution >= 4 is 27.8 Å². The highest BCUT2D eigenvalue weighted by Crippen LogP contribution is 2.32. The van der Waals surface area contributed by atoms with Gasteiger partial charge in [-0.15, -0.1) is 0 Å². The van der Waals surface area contributed by atoms with Crippen molar-refractivity contribution in [3.05, 3.63) is 29.3 Å². The van der Waals surface area contributed by atoms with Crippen molar-refractivity contribution in [3.63, 3.8) is 0 Å². The normalized spacial score (nSPS) is 20.4. The summed E-state index contributed by atoms with van der Waals surface area (Å²) < 4.78 is 25.5. The number of hydrogen-bond donors (Lipinski definition) is 2. The van der Waals surface area contributed by atoms with Crippen molar-refractivity contribution in [3.8, 4) is 0 Å². The summed E-state index contributed by atoms with van der Waals surface area (Å²) in [6, 6.07) is 3.77. The number of hydrogen-bond acceptors (Lipinski definition) is 5. The van der Waals surface area contributed by atoms with E-state index in [4.69, 9.17) is 0 Å². The summed E-state index contributed by atoms with van der Waals surface area (Å²) in [5.74, 6) is -2.38. The van der Waals surface area contributed by atoms with Crippen LogP contribution in [0.5, 0.6) is 0 Å². The maximum absolute atomic E-state index is 12.5. The highest BCUT2D eigenvalue weighted by Gasteiger charge is 2.44. The predicted octanol–water partition coefficient (Wildman–Crippen LogP) is 0.978. The molecule has 0 spiro atoms. The van der Waals surface area contributed by atoms with Crippen molar-refractivity contribution in [1.82, 2.24) is 9.62 Å². The lowest BCUT2D eigenvalue weighted by Gasteiger charge is -2.25. The SMILES string of the molecule is CCN1C(=O)c2ccc(C(=O)NC3(C(=O)O)CCCC3)cc2S1(=O)=O. The molecule has 1 aliphatic heterocycles. The number of sulfonamides is 1. The van der Waals surface area contributed by atoms with E-state index in [1.54, 1.807) is 6.92 Å². The number of rotatable bonds is 4. The van der Waals surface area contributed by atoms with Gasteiger partial charge in [-0.2, -0.15) is 0 Å². The summed E-state index contributed by atoms with van der Waals surface area (Å²) in [7, 11) is -3.97. The first-order valence-electron chi connectivity index (χ1n) is 8.00. The lowest BCUT2D eigenvalue weighted by Crippen LogP contribution is -2.52. The van der Waals surface area contributed by atoms with Gasteiger partial charge in [0.05, 0.1) is 5.56 Å². The first-order valence-corrected chi connectivity index (χ1v) is 9.44. The molecule has 0 aromatic heterocycles. The fourth-order valence-electron chi connectivity index (χ4n) is 3.39. The van der Waals surface area contributed by atoms with E-state index in [0.29, 0.717) is 25.7 Å². The van der Waals surface area contributed by atoms with Gasteiger partial charge in [0.2, 0.25) is 0 Å². The molecular formula is C16H18N2O6S. The van der Waals surface area contributed by atoms with Crippen molar-refractivity contribution in [2.75, 3.05) is 6.54 Å². The summed E-state index contributed by atoms with van der Waals surface area (Å²) in [5, 5.41) is 12.0. The summed E-state index contributed by atoms with van der Waals surface area (Å²) in [4.78, 5) is 35.9. The van der Waals surface area contributed by atoms with Crippen molar-refractivity contribution in [2.45, 2.75) is 43.0 Å². The summed E-state index contributed by atoms with van der Waals surface area (Å²) in [5.41, 5.74) is -1.28. The average molecular weight is 366 g/mol. The zero-order valence-corrected chi connectivity index (χ0v) is 14.4. The van der Waals surface area contributed by atoms with E-state index < -0.39 is 33.3 Å². The minimum absolute atomic E-state index is 0.000494. The van der Waals surface area contributed by atoms with Crippen LogP contribution in [0.3, 0.4) is 0 Å². The molecule has 1 saturated carbocycles. The number of carbonyl (C=O) groups excluding carboxylic acids is 2. The van der Waals surface area contributed by atoms with Gasteiger partial charge in [0.1, 0.15) is 10.4 Å². The molecule has 0 atom stereocenters. The Hall–Kier alpha value is -2.42. The standard InChI is InChI=1S/C16H18N2O6S/c1-2-18-14(20)11-6-5-10(9-12(11)25(18,23)24)13(19)17-16(15(21)22)7-3-4-8-16/h5-6,9H,2-4,7-8H2,1H3,(H,17,19)(H,21,22). The van der Waals surface area contributed by atoms with Gasteiger partial charge in [-0.25, -0.2) is 17.5 Å². The molecule has 3 rings (SSSR count). The maximum atomic E-state index is 12.5. The first kappa shape index (κ1) is 17.4. The molecule has 134 valence electrons. The van der Waals surface area contributed by atoms with E-state index in [9.17, 15) is 27.9 Å². The van der Waals surface area contributed by atoms with Crippen LogP contribution in [-0.4, -0.2) is 47.7 Å². The molecule has 2 amide bonds. The Morgan fingerprint density at radius 2 is 1.92 bits per heavy atom. The smallest absolute Gasteiger partial charge is 0.329 e. The number of carbonyl (C=O) groups is 3. The Bertz CT molecular complexity index is 871. The monoisotopic (exact) mass is 366 g/mol. The van der Waals surface area contributed by atoms with Crippen LogP contribution in [0.15, 0.2) is 23.1 Å². The number of benzene rings is 1. The fraction of sp³-hybridized carbons (Fsp3) is 0.438. The molecule has 0 bridgehead atoms. The van der Waals surface area contributed by atoms with Gasteiger partial charge in [0, 0.05) is 12.1 Å². The number of amides is 2. The third-order valence-corrected chi connectivity index (χ3v) is 6.67. The van der Waals surface area contributed by atoms with Crippen LogP contribution in [0.25, 0.3) is 0 Å². The Balaban J connectivity index is 1.95. The van der Waals surface area contributed by atoms with E-state index in [1.807, 2.05) is 0 Å². The zero-order valence-electron chi connectivity index (χ0n) is 13.6. The molecule has 0 radical (unpaired) electrons. The van der Waals surface area contributed by atoms with Crippen LogP contribution < -0.4 is 5.32 Å². The Kier molecular flexibility index (Phi) is 4.06. The van der Waals surface area contributed by atoms with Crippen LogP contribution in [-0.2, 0) is 14.8 Å². The van der Waals surface area contributed by atoms with Crippen LogP contribution in [0.2, 0.25) is 0 Å². The molecular weight excluding hydrogens is 348 g/mol. The summed E-state index contributed by atoms with van der Waals surface area (Å²) >= 11 is 0. The zero-order chi connectivity index (χ0) is 18.4. The van der Waals surface area contributed by atoms with Crippen molar-refractivity contribution < 1.29 is 27.9 Å². The number of nitrogens with zero attached hydrogens (tertiary/aromatic N) is 1. The molecule has 1 aromatic carbocycles. The molecule has 25 heavy (non-hydrogen) atoms. The number of aliphatic carboxylic acids is 1. The molecule has 0 saturated heterocycles. The van der Waals surface area contributed by atoms with Crippen LogP contribution >= 0.6 is 0 Å². The van der Waals surface area contributed by atoms with Gasteiger partial charge in [-0.05, 0) is 38.0 Å². The van der Waals surface area contributed by atoms with Crippen molar-refractivity contribution in [1.29, 1.82) is 0 Å². The largest absolute Gasteiger partial charge is 0.480 e. The lowest BCUT2D eigenvalue weighted by molar-refractivity contribution is -0.144. The highest BCUT2D eigenvalue weighted by molar-refractivity contribution is 7.90. The Morgan fingerprint density at radius 1 is 1.28 bits per heavy atom. The maximum Gasteiger partial charge on any atom is 0.329 e. The van der Waals surface area contributed by atoms with Crippen LogP contribution in [0.1, 0.15) is 53.3 Å². The molecule has 0 unspecified atom stereocenters. The van der Waals surface area contributed by atoms with Crippen LogP contribution in [0.4, 0.5) is 0 Å². The molecule has 8 nitrogen and oxygen atoms in total. The Morgan fingerprint density at radius 3 is 2.48 bits per heavy atom. The molecule has 1 heterocycles. The second-order valence-electron chi connectivity index (χ2n) is 6.23. The van der Waals surface area contributed by atoms with E-state index in [2.05, 4.69) is 5.32 Å². The molecule has 1 aliphatic carbocycles. The number of carboxylic acids is 1. The summed E-state index contributed by atoms with van der Waals surface area (Å²) in [6.45, 7) is 1.55. The summed E-state index contributed by atoms with van der Waals surface area (Å²) in [6.07, 6.45) is 2.06. The topological polar surface area (TPSA) is 121 Å². The number of nitrogens with one attached hydrogen (secondary N) is 1. The van der Waals surface area contributed by atoms with E-state index >= 15 is 0 Å². The minimum Gasteiger partial charge on any atom is -0.480 e. The third-order valence-electron chi connectivity index (χ3n) is 4.78. The predicted molar refractivity (Wildman–Crippen MR) is 86.6 cm³/mol. The molecule has 2 aliphatic rings. The number of fused-ring (bicyclic) bond motifs is 1. The molecule has 9 heteroatoms. The fourth-order valence-corrected chi connectivity index (χ4v) is 4.99. The Labute approximate surface area is 144 Å². The molecule has 2 N–H and O–H groups in total. The number of carboxylic acid groups (broad SMARTS) is 1. The lowest BCUT2D eigenvalue weighted by atomic mass is 9.97. The van der Waals surface area contributed by atoms with Gasteiger partial charge in [0.25, 0.3) is 21.8 Å². The van der Waals surface area contributed by atoms with Gasteiger partial charge in [-0.3, -0.25) is 9.59 Å². The van der Waals surface area contributed by atoms with E-state index in [1.165, 1.54) is 12.1 Å². The minimum atomic E-state index is -3.97. The second-order valence-corrected chi connectivity index (χ2v) is 8.07. The average Bonchev–Trinajstić information content (AvgIpc) is 3.10. The highest BCUT2D eigenvalue weighted by atomic mass is 32.2. The van der Waals surface area contributed by atoms with Crippen molar-refractivity contribution in [2.24, 2.45) is 0 Å². The van der Waals surface area contributed by atoms with Gasteiger partial charge in [0.15, 0.2) is 0 Å². The quantitative estimate of drug-likeness (QED) is 0.819.